The molecule has 2 heterocycles. The number of ether oxygens (including phenoxy) is 1. The van der Waals surface area contributed by atoms with Gasteiger partial charge in [0.2, 0.25) is 5.91 Å². The molecule has 1 fully saturated rings. The number of carbonyl (C=O) groups excluding carboxylic acids is 2. The number of carbonyl (C=O) groups is 2. The zero-order valence-electron chi connectivity index (χ0n) is 19.6. The average Bonchev–Trinajstić information content (AvgIpc) is 3.32. The highest BCUT2D eigenvalue weighted by Crippen LogP contribution is 2.38. The molecule has 1 atom stereocenters. The summed E-state index contributed by atoms with van der Waals surface area (Å²) >= 11 is 0. The zero-order valence-corrected chi connectivity index (χ0v) is 19.6. The van der Waals surface area contributed by atoms with Gasteiger partial charge in [0.1, 0.15) is 5.69 Å². The number of halogens is 2. The van der Waals surface area contributed by atoms with Gasteiger partial charge in [-0.05, 0) is 37.3 Å². The molecule has 1 saturated heterocycles. The van der Waals surface area contributed by atoms with E-state index in [-0.39, 0.29) is 12.0 Å². The molecule has 0 bridgehead atoms. The maximum Gasteiger partial charge on any atom is 0.332 e. The third-order valence-corrected chi connectivity index (χ3v) is 6.05. The van der Waals surface area contributed by atoms with Crippen LogP contribution in [0.25, 0.3) is 0 Å². The molecule has 3 aromatic rings. The molecule has 1 aromatic heterocycles. The Morgan fingerprint density at radius 1 is 1.06 bits per heavy atom. The van der Waals surface area contributed by atoms with E-state index in [0.29, 0.717) is 29.3 Å². The molecular weight excluding hydrogens is 454 g/mol. The van der Waals surface area contributed by atoms with Crippen LogP contribution in [-0.4, -0.2) is 47.4 Å². The molecule has 0 N–H and O–H groups in total. The van der Waals surface area contributed by atoms with Gasteiger partial charge in [0, 0.05) is 31.5 Å². The number of rotatable bonds is 5. The molecule has 1 aliphatic rings. The van der Waals surface area contributed by atoms with E-state index in [4.69, 9.17) is 4.74 Å². The monoisotopic (exact) mass is 478 g/mol. The lowest BCUT2D eigenvalue weighted by Gasteiger charge is -2.44. The number of methoxy groups -OCH3 is 1. The van der Waals surface area contributed by atoms with Gasteiger partial charge in [-0.25, -0.2) is 18.5 Å². The lowest BCUT2D eigenvalue weighted by Crippen LogP contribution is -2.60. The van der Waals surface area contributed by atoms with Gasteiger partial charge in [-0.1, -0.05) is 30.0 Å². The van der Waals surface area contributed by atoms with Crippen molar-refractivity contribution < 1.29 is 23.1 Å². The normalized spacial score (nSPS) is 18.0. The maximum atomic E-state index is 15.0. The van der Waals surface area contributed by atoms with Gasteiger partial charge in [0.25, 0.3) is 0 Å². The first-order valence-electron chi connectivity index (χ1n) is 10.9. The predicted molar refractivity (Wildman–Crippen MR) is 125 cm³/mol. The number of hydrogen-bond acceptors (Lipinski definition) is 4. The lowest BCUT2D eigenvalue weighted by atomic mass is 9.89. The molecule has 35 heavy (non-hydrogen) atoms. The standard InChI is InChI=1S/C26H24F2N4O3/c1-26(22-11-12-31(29-22)13-14-35-3)17-23(33)32(25(34)30(26)2)24-20(27)15-19(16-21(24)28)10-9-18-7-5-4-6-8-18/h4-8,11-12,15-16H,13-14,17H2,1-3H3/t26-/m0/s1. The van der Waals surface area contributed by atoms with Crippen LogP contribution < -0.4 is 4.90 Å². The van der Waals surface area contributed by atoms with Gasteiger partial charge in [-0.2, -0.15) is 5.10 Å². The number of urea groups is 1. The third-order valence-electron chi connectivity index (χ3n) is 6.05. The fourth-order valence-corrected chi connectivity index (χ4v) is 3.92. The van der Waals surface area contributed by atoms with Crippen molar-refractivity contribution in [1.82, 2.24) is 14.7 Å². The van der Waals surface area contributed by atoms with Crippen LogP contribution in [-0.2, 0) is 21.6 Å². The molecule has 0 aliphatic carbocycles. The first kappa shape index (κ1) is 24.1. The van der Waals surface area contributed by atoms with Crippen molar-refractivity contribution in [2.75, 3.05) is 25.7 Å². The molecule has 2 aromatic carbocycles. The molecular formula is C26H24F2N4O3. The molecule has 1 aliphatic heterocycles. The molecule has 4 rings (SSSR count). The topological polar surface area (TPSA) is 67.7 Å². The summed E-state index contributed by atoms with van der Waals surface area (Å²) in [7, 11) is 3.05. The summed E-state index contributed by atoms with van der Waals surface area (Å²) in [6.07, 6.45) is 1.52. The molecule has 7 nitrogen and oxygen atoms in total. The van der Waals surface area contributed by atoms with E-state index in [0.717, 1.165) is 12.1 Å². The van der Waals surface area contributed by atoms with Gasteiger partial charge in [-0.3, -0.25) is 9.48 Å². The SMILES string of the molecule is COCCn1ccc([C@]2(C)CC(=O)N(c3c(F)cc(C#Cc4ccccc4)cc3F)C(=O)N2C)n1. The van der Waals surface area contributed by atoms with E-state index in [9.17, 15) is 9.59 Å². The molecule has 180 valence electrons. The first-order valence-corrected chi connectivity index (χ1v) is 10.9. The number of nitrogens with zero attached hydrogens (tertiary/aromatic N) is 4. The van der Waals surface area contributed by atoms with E-state index in [1.165, 1.54) is 11.9 Å². The van der Waals surface area contributed by atoms with Crippen LogP contribution in [0.2, 0.25) is 0 Å². The smallest absolute Gasteiger partial charge is 0.332 e. The number of anilines is 1. The summed E-state index contributed by atoms with van der Waals surface area (Å²) in [6.45, 7) is 2.64. The highest BCUT2D eigenvalue weighted by molar-refractivity contribution is 6.16. The Balaban J connectivity index is 1.62. The van der Waals surface area contributed by atoms with Crippen molar-refractivity contribution in [3.05, 3.63) is 83.2 Å². The maximum absolute atomic E-state index is 15.0. The quantitative estimate of drug-likeness (QED) is 0.522. The minimum atomic E-state index is -1.09. The summed E-state index contributed by atoms with van der Waals surface area (Å²) < 4.78 is 36.8. The molecule has 9 heteroatoms. The Morgan fingerprint density at radius 3 is 2.37 bits per heavy atom. The van der Waals surface area contributed by atoms with Gasteiger partial charge in [-0.15, -0.1) is 0 Å². The van der Waals surface area contributed by atoms with Crippen molar-refractivity contribution >= 4 is 17.6 Å². The predicted octanol–water partition coefficient (Wildman–Crippen LogP) is 3.91. The van der Waals surface area contributed by atoms with E-state index < -0.39 is 34.8 Å². The van der Waals surface area contributed by atoms with E-state index in [1.807, 2.05) is 6.07 Å². The Hall–Kier alpha value is -4.03. The summed E-state index contributed by atoms with van der Waals surface area (Å²) in [6, 6.07) is 11.9. The highest BCUT2D eigenvalue weighted by atomic mass is 19.1. The second-order valence-corrected chi connectivity index (χ2v) is 8.38. The Labute approximate surface area is 201 Å². The number of hydrogen-bond donors (Lipinski definition) is 0. The largest absolute Gasteiger partial charge is 0.383 e. The second-order valence-electron chi connectivity index (χ2n) is 8.38. The van der Waals surface area contributed by atoms with Crippen LogP contribution in [0.1, 0.15) is 30.2 Å². The van der Waals surface area contributed by atoms with Crippen molar-refractivity contribution in [2.45, 2.75) is 25.4 Å². The van der Waals surface area contributed by atoms with Crippen LogP contribution in [0, 0.1) is 23.5 Å². The van der Waals surface area contributed by atoms with E-state index in [2.05, 4.69) is 16.9 Å². The van der Waals surface area contributed by atoms with Crippen molar-refractivity contribution in [2.24, 2.45) is 0 Å². The number of aromatic nitrogens is 2. The van der Waals surface area contributed by atoms with E-state index in [1.54, 1.807) is 55.2 Å². The zero-order chi connectivity index (χ0) is 25.2. The average molecular weight is 478 g/mol. The highest BCUT2D eigenvalue weighted by Gasteiger charge is 2.48. The Morgan fingerprint density at radius 2 is 1.71 bits per heavy atom. The van der Waals surface area contributed by atoms with Gasteiger partial charge in [0.15, 0.2) is 11.6 Å². The summed E-state index contributed by atoms with van der Waals surface area (Å²) in [4.78, 5) is 28.1. The Kier molecular flexibility index (Phi) is 6.67. The van der Waals surface area contributed by atoms with Crippen LogP contribution in [0.5, 0.6) is 0 Å². The minimum Gasteiger partial charge on any atom is -0.383 e. The Bertz CT molecular complexity index is 1310. The number of imide groups is 1. The van der Waals surface area contributed by atoms with Gasteiger partial charge < -0.3 is 9.64 Å². The molecule has 3 amide bonds. The van der Waals surface area contributed by atoms with Crippen LogP contribution in [0.3, 0.4) is 0 Å². The van der Waals surface area contributed by atoms with E-state index >= 15 is 8.78 Å². The minimum absolute atomic E-state index is 0.0873. The molecule has 0 spiro atoms. The van der Waals surface area contributed by atoms with Gasteiger partial charge >= 0.3 is 6.03 Å². The molecule has 0 radical (unpaired) electrons. The van der Waals surface area contributed by atoms with Crippen molar-refractivity contribution in [3.63, 3.8) is 0 Å². The van der Waals surface area contributed by atoms with Crippen LogP contribution in [0.15, 0.2) is 54.7 Å². The fraction of sp³-hybridized carbons (Fsp3) is 0.269. The molecule has 0 unspecified atom stereocenters. The molecule has 0 saturated carbocycles. The van der Waals surface area contributed by atoms with Gasteiger partial charge in [0.05, 0.1) is 30.8 Å². The third kappa shape index (κ3) is 4.66. The summed E-state index contributed by atoms with van der Waals surface area (Å²) in [5, 5.41) is 4.46. The first-order chi connectivity index (χ1) is 16.7. The second kappa shape index (κ2) is 9.68. The van der Waals surface area contributed by atoms with Crippen LogP contribution >= 0.6 is 0 Å². The lowest BCUT2D eigenvalue weighted by molar-refractivity contribution is -0.122. The summed E-state index contributed by atoms with van der Waals surface area (Å²) in [5.41, 5.74) is -0.541. The van der Waals surface area contributed by atoms with Crippen LogP contribution in [0.4, 0.5) is 19.3 Å². The summed E-state index contributed by atoms with van der Waals surface area (Å²) in [5.74, 6) is 2.70. The van der Waals surface area contributed by atoms with Crippen molar-refractivity contribution in [3.8, 4) is 11.8 Å². The van der Waals surface area contributed by atoms with Crippen molar-refractivity contribution in [1.29, 1.82) is 0 Å². The number of amides is 3. The number of benzene rings is 2. The fourth-order valence-electron chi connectivity index (χ4n) is 3.92.